The van der Waals surface area contributed by atoms with E-state index in [4.69, 9.17) is 0 Å². The summed E-state index contributed by atoms with van der Waals surface area (Å²) >= 11 is 0. The lowest BCUT2D eigenvalue weighted by Crippen LogP contribution is -2.58. The van der Waals surface area contributed by atoms with E-state index < -0.39 is 0 Å². The fourth-order valence-electron chi connectivity index (χ4n) is 3.99. The van der Waals surface area contributed by atoms with Crippen LogP contribution in [0.2, 0.25) is 0 Å². The third-order valence-corrected chi connectivity index (χ3v) is 5.77. The number of nitrogens with zero attached hydrogens (tertiary/aromatic N) is 3. The van der Waals surface area contributed by atoms with Crippen LogP contribution in [0, 0.1) is 5.92 Å². The predicted molar refractivity (Wildman–Crippen MR) is 96.4 cm³/mol. The van der Waals surface area contributed by atoms with Gasteiger partial charge in [0.25, 0.3) is 0 Å². The predicted octanol–water partition coefficient (Wildman–Crippen LogP) is 3.30. The molecule has 2 aliphatic rings. The fourth-order valence-corrected chi connectivity index (χ4v) is 3.99. The number of likely N-dealkylation sites (tertiary alicyclic amines) is 1. The van der Waals surface area contributed by atoms with Crippen molar-refractivity contribution >= 4 is 0 Å². The lowest BCUT2D eigenvalue weighted by atomic mass is 9.92. The molecule has 2 saturated heterocycles. The van der Waals surface area contributed by atoms with Crippen LogP contribution in [0.25, 0.3) is 0 Å². The molecular formula is C19H39N3. The van der Waals surface area contributed by atoms with Gasteiger partial charge >= 0.3 is 0 Å². The minimum Gasteiger partial charge on any atom is -0.298 e. The summed E-state index contributed by atoms with van der Waals surface area (Å²) in [6.45, 7) is 24.1. The Kier molecular flexibility index (Phi) is 5.62. The standard InChI is InChI=1S/C19H39N3/c1-16-14-22(19(5,6)7)13-12-20(16)15-17-8-10-21(11-9-17)18(2,3)4/h16-17H,8-15H2,1-7H3. The lowest BCUT2D eigenvalue weighted by molar-refractivity contribution is 0.00985. The first kappa shape index (κ1) is 18.2. The van der Waals surface area contributed by atoms with Crippen molar-refractivity contribution in [3.8, 4) is 0 Å². The SMILES string of the molecule is CC1CN(C(C)(C)C)CCN1CC1CCN(C(C)(C)C)CC1. The zero-order chi connectivity index (χ0) is 16.5. The maximum absolute atomic E-state index is 2.75. The third-order valence-electron chi connectivity index (χ3n) is 5.77. The average Bonchev–Trinajstić information content (AvgIpc) is 2.39. The number of hydrogen-bond donors (Lipinski definition) is 0. The normalized spacial score (nSPS) is 28.2. The van der Waals surface area contributed by atoms with Crippen molar-refractivity contribution in [2.75, 3.05) is 39.3 Å². The van der Waals surface area contributed by atoms with E-state index in [1.165, 1.54) is 52.1 Å². The van der Waals surface area contributed by atoms with Gasteiger partial charge in [-0.2, -0.15) is 0 Å². The molecule has 0 saturated carbocycles. The molecular weight excluding hydrogens is 270 g/mol. The molecule has 3 heteroatoms. The Hall–Kier alpha value is -0.120. The van der Waals surface area contributed by atoms with E-state index in [1.807, 2.05) is 0 Å². The molecule has 2 aliphatic heterocycles. The molecule has 1 atom stereocenters. The van der Waals surface area contributed by atoms with Crippen LogP contribution in [-0.2, 0) is 0 Å². The van der Waals surface area contributed by atoms with E-state index >= 15 is 0 Å². The zero-order valence-electron chi connectivity index (χ0n) is 16.2. The molecule has 3 nitrogen and oxygen atoms in total. The molecule has 0 aromatic carbocycles. The minimum atomic E-state index is 0.318. The van der Waals surface area contributed by atoms with Gasteiger partial charge in [-0.1, -0.05) is 0 Å². The van der Waals surface area contributed by atoms with E-state index in [-0.39, 0.29) is 0 Å². The molecule has 0 bridgehead atoms. The van der Waals surface area contributed by atoms with E-state index in [1.54, 1.807) is 0 Å². The van der Waals surface area contributed by atoms with Gasteiger partial charge in [0, 0.05) is 43.3 Å². The van der Waals surface area contributed by atoms with E-state index in [9.17, 15) is 0 Å². The first-order chi connectivity index (χ1) is 10.1. The molecule has 1 unspecified atom stereocenters. The fraction of sp³-hybridized carbons (Fsp3) is 1.00. The summed E-state index contributed by atoms with van der Waals surface area (Å²) in [5.74, 6) is 0.905. The topological polar surface area (TPSA) is 9.72 Å². The Morgan fingerprint density at radius 3 is 1.77 bits per heavy atom. The van der Waals surface area contributed by atoms with Crippen molar-refractivity contribution in [2.45, 2.75) is 78.4 Å². The zero-order valence-corrected chi connectivity index (χ0v) is 16.2. The van der Waals surface area contributed by atoms with Gasteiger partial charge in [-0.05, 0) is 80.3 Å². The van der Waals surface area contributed by atoms with Gasteiger partial charge in [0.05, 0.1) is 0 Å². The summed E-state index contributed by atoms with van der Waals surface area (Å²) in [6.07, 6.45) is 2.76. The van der Waals surface area contributed by atoms with Gasteiger partial charge < -0.3 is 0 Å². The largest absolute Gasteiger partial charge is 0.298 e. The van der Waals surface area contributed by atoms with Crippen LogP contribution < -0.4 is 0 Å². The van der Waals surface area contributed by atoms with Crippen LogP contribution in [0.5, 0.6) is 0 Å². The summed E-state index contributed by atoms with van der Waals surface area (Å²) in [5, 5.41) is 0. The van der Waals surface area contributed by atoms with Crippen LogP contribution in [0.15, 0.2) is 0 Å². The molecule has 0 spiro atoms. The van der Waals surface area contributed by atoms with E-state index in [2.05, 4.69) is 63.2 Å². The quantitative estimate of drug-likeness (QED) is 0.775. The van der Waals surface area contributed by atoms with Crippen LogP contribution >= 0.6 is 0 Å². The Labute approximate surface area is 139 Å². The lowest BCUT2D eigenvalue weighted by Gasteiger charge is -2.47. The molecule has 0 aromatic rings. The van der Waals surface area contributed by atoms with Gasteiger partial charge in [-0.25, -0.2) is 0 Å². The summed E-state index contributed by atoms with van der Waals surface area (Å²) < 4.78 is 0. The number of hydrogen-bond acceptors (Lipinski definition) is 3. The van der Waals surface area contributed by atoms with Crippen LogP contribution in [-0.4, -0.2) is 71.1 Å². The van der Waals surface area contributed by atoms with Crippen LogP contribution in [0.3, 0.4) is 0 Å². The molecule has 0 radical (unpaired) electrons. The maximum atomic E-state index is 2.75. The highest BCUT2D eigenvalue weighted by Gasteiger charge is 2.32. The van der Waals surface area contributed by atoms with E-state index in [0.717, 1.165) is 5.92 Å². The summed E-state index contributed by atoms with van der Waals surface area (Å²) in [6, 6.07) is 0.702. The van der Waals surface area contributed by atoms with Gasteiger partial charge in [-0.3, -0.25) is 14.7 Å². The molecule has 0 aromatic heterocycles. The Bertz CT molecular complexity index is 345. The van der Waals surface area contributed by atoms with Crippen LogP contribution in [0.4, 0.5) is 0 Å². The second kappa shape index (κ2) is 6.78. The van der Waals surface area contributed by atoms with Crippen molar-refractivity contribution in [3.63, 3.8) is 0 Å². The highest BCUT2D eigenvalue weighted by atomic mass is 15.3. The minimum absolute atomic E-state index is 0.318. The highest BCUT2D eigenvalue weighted by Crippen LogP contribution is 2.26. The Morgan fingerprint density at radius 2 is 1.32 bits per heavy atom. The molecule has 2 rings (SSSR count). The molecule has 22 heavy (non-hydrogen) atoms. The van der Waals surface area contributed by atoms with Gasteiger partial charge in [0.1, 0.15) is 0 Å². The first-order valence-corrected chi connectivity index (χ1v) is 9.31. The van der Waals surface area contributed by atoms with E-state index in [0.29, 0.717) is 17.1 Å². The molecule has 0 amide bonds. The van der Waals surface area contributed by atoms with Gasteiger partial charge in [0.2, 0.25) is 0 Å². The molecule has 2 heterocycles. The van der Waals surface area contributed by atoms with Gasteiger partial charge in [-0.15, -0.1) is 0 Å². The summed E-state index contributed by atoms with van der Waals surface area (Å²) in [5.41, 5.74) is 0.662. The van der Waals surface area contributed by atoms with Crippen molar-refractivity contribution in [3.05, 3.63) is 0 Å². The summed E-state index contributed by atoms with van der Waals surface area (Å²) in [4.78, 5) is 8.06. The molecule has 0 aliphatic carbocycles. The highest BCUT2D eigenvalue weighted by molar-refractivity contribution is 4.88. The molecule has 130 valence electrons. The second-order valence-corrected chi connectivity index (χ2v) is 9.56. The number of piperazine rings is 1. The van der Waals surface area contributed by atoms with Crippen molar-refractivity contribution in [2.24, 2.45) is 5.92 Å². The molecule has 2 fully saturated rings. The average molecular weight is 310 g/mol. The molecule has 0 N–H and O–H groups in total. The first-order valence-electron chi connectivity index (χ1n) is 9.31. The number of rotatable bonds is 2. The Morgan fingerprint density at radius 1 is 0.773 bits per heavy atom. The summed E-state index contributed by atoms with van der Waals surface area (Å²) in [7, 11) is 0. The van der Waals surface area contributed by atoms with Crippen molar-refractivity contribution < 1.29 is 0 Å². The Balaban J connectivity index is 1.79. The van der Waals surface area contributed by atoms with Crippen molar-refractivity contribution in [1.82, 2.24) is 14.7 Å². The monoisotopic (exact) mass is 309 g/mol. The van der Waals surface area contributed by atoms with Crippen LogP contribution in [0.1, 0.15) is 61.3 Å². The van der Waals surface area contributed by atoms with Crippen molar-refractivity contribution in [1.29, 1.82) is 0 Å². The second-order valence-electron chi connectivity index (χ2n) is 9.56. The smallest absolute Gasteiger partial charge is 0.0195 e. The third kappa shape index (κ3) is 4.69. The number of piperidine rings is 1. The van der Waals surface area contributed by atoms with Gasteiger partial charge in [0.15, 0.2) is 0 Å². The maximum Gasteiger partial charge on any atom is 0.0195 e.